The minimum Gasteiger partial charge on any atom is -0.466 e. The third-order valence-electron chi connectivity index (χ3n) is 3.99. The third kappa shape index (κ3) is 2.66. The molecule has 1 amide bonds. The van der Waals surface area contributed by atoms with Crippen molar-refractivity contribution in [3.05, 3.63) is 22.6 Å². The van der Waals surface area contributed by atoms with Crippen molar-refractivity contribution in [2.24, 2.45) is 11.7 Å². The van der Waals surface area contributed by atoms with Crippen molar-refractivity contribution in [1.82, 2.24) is 5.32 Å². The molecule has 0 aliphatic heterocycles. The molecule has 1 saturated carbocycles. The molecule has 3 N–H and O–H groups in total. The number of nitrogens with one attached hydrogen (secondary N) is 1. The lowest BCUT2D eigenvalue weighted by Gasteiger charge is -2.19. The highest BCUT2D eigenvalue weighted by Crippen LogP contribution is 2.27. The fourth-order valence-electron chi connectivity index (χ4n) is 2.84. The molecule has 1 aliphatic rings. The Morgan fingerprint density at radius 3 is 2.53 bits per heavy atom. The van der Waals surface area contributed by atoms with Gasteiger partial charge in [0.15, 0.2) is 0 Å². The molecule has 2 rings (SSSR count). The van der Waals surface area contributed by atoms with Crippen molar-refractivity contribution >= 4 is 23.1 Å². The molecule has 1 aromatic heterocycles. The molecule has 5 heteroatoms. The predicted molar refractivity (Wildman–Crippen MR) is 78.3 cm³/mol. The SMILES string of the molecule is Cc1oc(C)c(C(=O)NC2CCCC2C(N)=S)c1C. The van der Waals surface area contributed by atoms with Gasteiger partial charge in [-0.1, -0.05) is 18.6 Å². The van der Waals surface area contributed by atoms with Crippen LogP contribution < -0.4 is 11.1 Å². The van der Waals surface area contributed by atoms with E-state index in [4.69, 9.17) is 22.4 Å². The number of nitrogens with two attached hydrogens (primary N) is 1. The van der Waals surface area contributed by atoms with E-state index in [2.05, 4.69) is 5.32 Å². The Morgan fingerprint density at radius 1 is 1.32 bits per heavy atom. The second kappa shape index (κ2) is 5.33. The number of aryl methyl sites for hydroxylation is 2. The number of furan rings is 1. The van der Waals surface area contributed by atoms with E-state index in [1.54, 1.807) is 0 Å². The van der Waals surface area contributed by atoms with Crippen LogP contribution in [0.4, 0.5) is 0 Å². The summed E-state index contributed by atoms with van der Waals surface area (Å²) >= 11 is 5.07. The zero-order chi connectivity index (χ0) is 14.2. The van der Waals surface area contributed by atoms with Gasteiger partial charge in [0.1, 0.15) is 11.5 Å². The van der Waals surface area contributed by atoms with E-state index in [-0.39, 0.29) is 17.9 Å². The molecule has 2 atom stereocenters. The summed E-state index contributed by atoms with van der Waals surface area (Å²) in [5.74, 6) is 1.49. The average Bonchev–Trinajstić information content (AvgIpc) is 2.85. The Morgan fingerprint density at radius 2 is 2.00 bits per heavy atom. The molecule has 1 aliphatic carbocycles. The standard InChI is InChI=1S/C14H20N2O2S/c1-7-8(2)18-9(3)12(7)14(17)16-11-6-4-5-10(11)13(15)19/h10-11H,4-6H2,1-3H3,(H2,15,19)(H,16,17). The van der Waals surface area contributed by atoms with Crippen LogP contribution in [0.25, 0.3) is 0 Å². The van der Waals surface area contributed by atoms with E-state index in [9.17, 15) is 4.79 Å². The number of carbonyl (C=O) groups excluding carboxylic acids is 1. The Balaban J connectivity index is 2.15. The Hall–Kier alpha value is -1.36. The number of hydrogen-bond donors (Lipinski definition) is 2. The number of amides is 1. The van der Waals surface area contributed by atoms with Crippen LogP contribution >= 0.6 is 12.2 Å². The first kappa shape index (κ1) is 14.1. The fourth-order valence-corrected chi connectivity index (χ4v) is 3.12. The van der Waals surface area contributed by atoms with Gasteiger partial charge in [0.05, 0.1) is 10.6 Å². The summed E-state index contributed by atoms with van der Waals surface area (Å²) < 4.78 is 5.49. The van der Waals surface area contributed by atoms with Gasteiger partial charge in [-0.25, -0.2) is 0 Å². The van der Waals surface area contributed by atoms with Gasteiger partial charge < -0.3 is 15.5 Å². The number of carbonyl (C=O) groups is 1. The summed E-state index contributed by atoms with van der Waals surface area (Å²) in [7, 11) is 0. The van der Waals surface area contributed by atoms with Crippen LogP contribution in [0.5, 0.6) is 0 Å². The molecule has 4 nitrogen and oxygen atoms in total. The van der Waals surface area contributed by atoms with Gasteiger partial charge in [-0.3, -0.25) is 4.79 Å². The summed E-state index contributed by atoms with van der Waals surface area (Å²) in [5.41, 5.74) is 7.28. The molecule has 1 aromatic rings. The Labute approximate surface area is 118 Å². The van der Waals surface area contributed by atoms with Gasteiger partial charge in [0, 0.05) is 17.5 Å². The first-order valence-corrected chi connectivity index (χ1v) is 6.99. The first-order chi connectivity index (χ1) is 8.91. The Bertz CT molecular complexity index is 522. The van der Waals surface area contributed by atoms with Crippen molar-refractivity contribution in [1.29, 1.82) is 0 Å². The largest absolute Gasteiger partial charge is 0.466 e. The van der Waals surface area contributed by atoms with E-state index in [1.807, 2.05) is 20.8 Å². The van der Waals surface area contributed by atoms with Crippen molar-refractivity contribution < 1.29 is 9.21 Å². The summed E-state index contributed by atoms with van der Waals surface area (Å²) in [4.78, 5) is 12.9. The molecule has 2 unspecified atom stereocenters. The first-order valence-electron chi connectivity index (χ1n) is 6.58. The lowest BCUT2D eigenvalue weighted by atomic mass is 10.0. The topological polar surface area (TPSA) is 68.3 Å². The van der Waals surface area contributed by atoms with E-state index in [1.165, 1.54) is 0 Å². The molecular weight excluding hydrogens is 260 g/mol. The molecular formula is C14H20N2O2S. The maximum atomic E-state index is 12.4. The predicted octanol–water partition coefficient (Wildman–Crippen LogP) is 2.39. The lowest BCUT2D eigenvalue weighted by Crippen LogP contribution is -2.42. The van der Waals surface area contributed by atoms with Crippen LogP contribution in [0.1, 0.15) is 46.7 Å². The second-order valence-electron chi connectivity index (χ2n) is 5.23. The highest BCUT2D eigenvalue weighted by molar-refractivity contribution is 7.80. The maximum absolute atomic E-state index is 12.4. The van der Waals surface area contributed by atoms with Crippen molar-refractivity contribution in [2.45, 2.75) is 46.1 Å². The van der Waals surface area contributed by atoms with Gasteiger partial charge in [-0.05, 0) is 33.6 Å². The maximum Gasteiger partial charge on any atom is 0.255 e. The molecule has 0 radical (unpaired) electrons. The molecule has 0 bridgehead atoms. The summed E-state index contributed by atoms with van der Waals surface area (Å²) in [5, 5.41) is 3.06. The zero-order valence-electron chi connectivity index (χ0n) is 11.6. The molecule has 0 saturated heterocycles. The van der Waals surface area contributed by atoms with Crippen LogP contribution in [0, 0.1) is 26.7 Å². The average molecular weight is 280 g/mol. The van der Waals surface area contributed by atoms with E-state index in [0.29, 0.717) is 16.3 Å². The molecule has 104 valence electrons. The molecule has 0 spiro atoms. The van der Waals surface area contributed by atoms with Crippen LogP contribution in [0.2, 0.25) is 0 Å². The number of rotatable bonds is 3. The highest BCUT2D eigenvalue weighted by atomic mass is 32.1. The van der Waals surface area contributed by atoms with E-state index < -0.39 is 0 Å². The summed E-state index contributed by atoms with van der Waals surface area (Å²) in [6.45, 7) is 5.58. The third-order valence-corrected chi connectivity index (χ3v) is 4.29. The van der Waals surface area contributed by atoms with Crippen LogP contribution in [-0.4, -0.2) is 16.9 Å². The lowest BCUT2D eigenvalue weighted by molar-refractivity contribution is 0.0932. The smallest absolute Gasteiger partial charge is 0.255 e. The minimum atomic E-state index is -0.0833. The molecule has 1 fully saturated rings. The zero-order valence-corrected chi connectivity index (χ0v) is 12.4. The van der Waals surface area contributed by atoms with Gasteiger partial charge >= 0.3 is 0 Å². The monoisotopic (exact) mass is 280 g/mol. The van der Waals surface area contributed by atoms with Crippen LogP contribution in [0.3, 0.4) is 0 Å². The van der Waals surface area contributed by atoms with Gasteiger partial charge in [-0.2, -0.15) is 0 Å². The number of hydrogen-bond acceptors (Lipinski definition) is 3. The quantitative estimate of drug-likeness (QED) is 0.834. The molecule has 0 aromatic carbocycles. The molecule has 1 heterocycles. The highest BCUT2D eigenvalue weighted by Gasteiger charge is 2.31. The fraction of sp³-hybridized carbons (Fsp3) is 0.571. The minimum absolute atomic E-state index is 0.0546. The van der Waals surface area contributed by atoms with Crippen molar-refractivity contribution in [3.63, 3.8) is 0 Å². The van der Waals surface area contributed by atoms with Gasteiger partial charge in [-0.15, -0.1) is 0 Å². The summed E-state index contributed by atoms with van der Waals surface area (Å²) in [6, 6.07) is 0.0546. The molecule has 19 heavy (non-hydrogen) atoms. The van der Waals surface area contributed by atoms with Crippen molar-refractivity contribution in [3.8, 4) is 0 Å². The van der Waals surface area contributed by atoms with Crippen LogP contribution in [0.15, 0.2) is 4.42 Å². The van der Waals surface area contributed by atoms with E-state index in [0.717, 1.165) is 30.6 Å². The summed E-state index contributed by atoms with van der Waals surface area (Å²) in [6.07, 6.45) is 2.95. The van der Waals surface area contributed by atoms with Gasteiger partial charge in [0.25, 0.3) is 5.91 Å². The van der Waals surface area contributed by atoms with Gasteiger partial charge in [0.2, 0.25) is 0 Å². The van der Waals surface area contributed by atoms with E-state index >= 15 is 0 Å². The number of thiocarbonyl (C=S) groups is 1. The van der Waals surface area contributed by atoms with Crippen molar-refractivity contribution in [2.75, 3.05) is 0 Å². The Kier molecular flexibility index (Phi) is 3.94. The second-order valence-corrected chi connectivity index (χ2v) is 5.71. The van der Waals surface area contributed by atoms with Crippen LogP contribution in [-0.2, 0) is 0 Å². The normalized spacial score (nSPS) is 22.5.